The van der Waals surface area contributed by atoms with E-state index in [0.717, 1.165) is 55.7 Å². The molecule has 1 unspecified atom stereocenters. The van der Waals surface area contributed by atoms with E-state index >= 15 is 0 Å². The van der Waals surface area contributed by atoms with Crippen molar-refractivity contribution in [3.05, 3.63) is 56.2 Å². The number of fused-ring (bicyclic) bond motifs is 4. The highest BCUT2D eigenvalue weighted by Gasteiger charge is 2.44. The Bertz CT molecular complexity index is 1200. The summed E-state index contributed by atoms with van der Waals surface area (Å²) < 4.78 is 5.34. The van der Waals surface area contributed by atoms with Crippen LogP contribution in [-0.2, 0) is 9.53 Å². The Balaban J connectivity index is 0.00000194. The average Bonchev–Trinajstić information content (AvgIpc) is 3.43. The molecule has 3 aliphatic carbocycles. The number of aliphatic carboxylic acids is 1. The number of hydrogen-bond donors (Lipinski definition) is 1. The van der Waals surface area contributed by atoms with Crippen LogP contribution in [0, 0.1) is 17.8 Å². The fraction of sp³-hybridized carbons (Fsp3) is 0.613. The Hall–Kier alpha value is -1.22. The molecule has 0 aromatic rings. The number of ether oxygens (including phenoxy) is 1. The Kier molecular flexibility index (Phi) is 11.6. The smallest absolute Gasteiger partial charge is 0.361 e. The second-order valence-electron chi connectivity index (χ2n) is 11.8. The summed E-state index contributed by atoms with van der Waals surface area (Å²) in [5.41, 5.74) is 6.57. The van der Waals surface area contributed by atoms with E-state index in [2.05, 4.69) is 33.1 Å². The molecule has 2 atom stereocenters. The van der Waals surface area contributed by atoms with Crippen LogP contribution in [0.1, 0.15) is 51.4 Å². The molecule has 3 aliphatic heterocycles. The number of methoxy groups -OCH3 is 1. The second-order valence-corrected chi connectivity index (χ2v) is 13.3. The van der Waals surface area contributed by atoms with Crippen LogP contribution in [0.3, 0.4) is 0 Å². The van der Waals surface area contributed by atoms with Gasteiger partial charge in [0, 0.05) is 62.0 Å². The van der Waals surface area contributed by atoms with Gasteiger partial charge in [-0.05, 0) is 84.4 Å². The number of carboxylic acid groups (broad SMARTS) is 1. The van der Waals surface area contributed by atoms with Crippen LogP contribution in [0.2, 0.25) is 0 Å². The van der Waals surface area contributed by atoms with Gasteiger partial charge in [-0.25, -0.2) is 4.79 Å². The van der Waals surface area contributed by atoms with E-state index in [4.69, 9.17) is 16.3 Å². The van der Waals surface area contributed by atoms with Crippen molar-refractivity contribution in [2.45, 2.75) is 51.4 Å². The summed E-state index contributed by atoms with van der Waals surface area (Å²) in [5, 5.41) is 10.9. The van der Waals surface area contributed by atoms with Gasteiger partial charge in [-0.1, -0.05) is 48.7 Å². The number of nitrogens with zero attached hydrogens (tertiary/aromatic N) is 3. The van der Waals surface area contributed by atoms with Gasteiger partial charge < -0.3 is 19.6 Å². The topological polar surface area (TPSA) is 65.4 Å². The molecule has 6 rings (SSSR count). The lowest BCUT2D eigenvalue weighted by Gasteiger charge is -2.34. The molecule has 226 valence electrons. The molecule has 6 nitrogen and oxygen atoms in total. The Morgan fingerprint density at radius 3 is 2.68 bits per heavy atom. The number of thioether (sulfide) groups is 1. The fourth-order valence-electron chi connectivity index (χ4n) is 7.42. The first-order valence-corrected chi connectivity index (χ1v) is 15.9. The van der Waals surface area contributed by atoms with E-state index in [1.54, 1.807) is 7.11 Å². The van der Waals surface area contributed by atoms with Gasteiger partial charge in [-0.15, -0.1) is 24.8 Å². The second kappa shape index (κ2) is 14.5. The zero-order valence-electron chi connectivity index (χ0n) is 23.8. The molecule has 1 N–H and O–H groups in total. The minimum Gasteiger partial charge on any atom is -0.476 e. The Morgan fingerprint density at radius 1 is 1.12 bits per heavy atom. The normalized spacial score (nSPS) is 26.5. The highest BCUT2D eigenvalue weighted by Crippen LogP contribution is 2.58. The van der Waals surface area contributed by atoms with Crippen molar-refractivity contribution >= 4 is 59.2 Å². The zero-order chi connectivity index (χ0) is 26.9. The number of hydrogen-bond acceptors (Lipinski definition) is 6. The predicted octanol–water partition coefficient (Wildman–Crippen LogP) is 6.83. The SMILES string of the molecule is COCCC1CCCN(CCN2C=C3C(=C(C4CCCCC4)C4=CC=C(Cl)[C@H]34)C3=C(CN=C(C(=O)O)S3)C2)C1.Cl.Cl. The lowest BCUT2D eigenvalue weighted by molar-refractivity contribution is -0.129. The third-order valence-electron chi connectivity index (χ3n) is 9.30. The zero-order valence-corrected chi connectivity index (χ0v) is 27.0. The first-order chi connectivity index (χ1) is 19.0. The van der Waals surface area contributed by atoms with Crippen molar-refractivity contribution in [1.82, 2.24) is 9.80 Å². The molecule has 1 saturated carbocycles. The summed E-state index contributed by atoms with van der Waals surface area (Å²) in [6.07, 6.45) is 16.6. The number of halogens is 3. The summed E-state index contributed by atoms with van der Waals surface area (Å²) in [7, 11) is 1.79. The van der Waals surface area contributed by atoms with E-state index in [1.165, 1.54) is 84.6 Å². The first kappa shape index (κ1) is 32.7. The standard InChI is InChI=1S/C31H40ClN3O3S.2ClH/c1-38-15-11-20-6-5-12-34(17-20)13-14-35-18-22-16-33-30(31(36)37)39-29(22)28-24(19-35)27-23(9-10-25(27)32)26(28)21-7-3-2-4-8-21;;/h9-10,19-21,27H,2-8,11-18H2,1H3,(H,36,37);2*1H/t20?,27-;;/m0../s1. The van der Waals surface area contributed by atoms with E-state index in [9.17, 15) is 9.90 Å². The molecular weight excluding hydrogens is 601 g/mol. The maximum absolute atomic E-state index is 12.0. The van der Waals surface area contributed by atoms with E-state index in [0.29, 0.717) is 18.4 Å². The van der Waals surface area contributed by atoms with Crippen molar-refractivity contribution in [3.8, 4) is 0 Å². The number of carbonyl (C=O) groups is 1. The van der Waals surface area contributed by atoms with Crippen molar-refractivity contribution in [2.24, 2.45) is 22.7 Å². The number of allylic oxidation sites excluding steroid dienone is 7. The molecule has 3 heterocycles. The third kappa shape index (κ3) is 6.81. The van der Waals surface area contributed by atoms with Crippen LogP contribution in [0.4, 0.5) is 0 Å². The minimum absolute atomic E-state index is 0. The first-order valence-electron chi connectivity index (χ1n) is 14.7. The molecular formula is C31H42Cl3N3O3S. The van der Waals surface area contributed by atoms with E-state index in [-0.39, 0.29) is 35.8 Å². The molecule has 0 amide bonds. The van der Waals surface area contributed by atoms with Crippen molar-refractivity contribution < 1.29 is 14.6 Å². The van der Waals surface area contributed by atoms with Crippen LogP contribution in [0.25, 0.3) is 0 Å². The molecule has 0 bridgehead atoms. The fourth-order valence-corrected chi connectivity index (χ4v) is 8.73. The van der Waals surface area contributed by atoms with Crippen LogP contribution >= 0.6 is 48.2 Å². The van der Waals surface area contributed by atoms with Gasteiger partial charge in [0.25, 0.3) is 0 Å². The van der Waals surface area contributed by atoms with Gasteiger partial charge in [-0.3, -0.25) is 4.99 Å². The number of piperidine rings is 1. The minimum atomic E-state index is -0.929. The number of aliphatic imine (C=N–C) groups is 1. The lowest BCUT2D eigenvalue weighted by atomic mass is 9.80. The van der Waals surface area contributed by atoms with Gasteiger partial charge in [0.2, 0.25) is 0 Å². The van der Waals surface area contributed by atoms with Gasteiger partial charge in [0.05, 0.1) is 6.54 Å². The Morgan fingerprint density at radius 2 is 1.93 bits per heavy atom. The van der Waals surface area contributed by atoms with Crippen LogP contribution in [-0.4, -0.2) is 78.9 Å². The number of likely N-dealkylation sites (tertiary alicyclic amines) is 1. The molecule has 0 radical (unpaired) electrons. The molecule has 0 aromatic carbocycles. The summed E-state index contributed by atoms with van der Waals surface area (Å²) in [4.78, 5) is 22.7. The summed E-state index contributed by atoms with van der Waals surface area (Å²) in [6, 6.07) is 0. The summed E-state index contributed by atoms with van der Waals surface area (Å²) >= 11 is 8.28. The molecule has 0 aromatic heterocycles. The molecule has 6 aliphatic rings. The third-order valence-corrected chi connectivity index (χ3v) is 10.8. The van der Waals surface area contributed by atoms with Crippen LogP contribution < -0.4 is 0 Å². The summed E-state index contributed by atoms with van der Waals surface area (Å²) in [6.45, 7) is 6.36. The van der Waals surface area contributed by atoms with Crippen LogP contribution in [0.15, 0.2) is 61.1 Å². The van der Waals surface area contributed by atoms with E-state index < -0.39 is 5.97 Å². The van der Waals surface area contributed by atoms with Crippen LogP contribution in [0.5, 0.6) is 0 Å². The molecule has 1 saturated heterocycles. The predicted molar refractivity (Wildman–Crippen MR) is 173 cm³/mol. The Labute approximate surface area is 265 Å². The number of rotatable bonds is 8. The van der Waals surface area contributed by atoms with Crippen molar-refractivity contribution in [3.63, 3.8) is 0 Å². The molecule has 0 spiro atoms. The van der Waals surface area contributed by atoms with Gasteiger partial charge >= 0.3 is 5.97 Å². The average molecular weight is 643 g/mol. The molecule has 10 heteroatoms. The highest BCUT2D eigenvalue weighted by molar-refractivity contribution is 8.19. The van der Waals surface area contributed by atoms with Gasteiger partial charge in [-0.2, -0.15) is 0 Å². The maximum Gasteiger partial charge on any atom is 0.361 e. The molecule has 41 heavy (non-hydrogen) atoms. The maximum atomic E-state index is 12.0. The van der Waals surface area contributed by atoms with Crippen molar-refractivity contribution in [2.75, 3.05) is 53.0 Å². The highest BCUT2D eigenvalue weighted by atomic mass is 35.5. The largest absolute Gasteiger partial charge is 0.476 e. The monoisotopic (exact) mass is 641 g/mol. The summed E-state index contributed by atoms with van der Waals surface area (Å²) in [5.74, 6) is 0.372. The quantitative estimate of drug-likeness (QED) is 0.313. The van der Waals surface area contributed by atoms with Crippen molar-refractivity contribution in [1.29, 1.82) is 0 Å². The van der Waals surface area contributed by atoms with Gasteiger partial charge in [0.15, 0.2) is 5.04 Å². The molecule has 2 fully saturated rings. The lowest BCUT2D eigenvalue weighted by Crippen LogP contribution is -2.40. The number of carboxylic acids is 1. The van der Waals surface area contributed by atoms with E-state index in [1.807, 2.05) is 0 Å². The van der Waals surface area contributed by atoms with Gasteiger partial charge in [0.1, 0.15) is 0 Å².